The van der Waals surface area contributed by atoms with Crippen LogP contribution in [0.3, 0.4) is 0 Å². The van der Waals surface area contributed by atoms with Gasteiger partial charge in [-0.15, -0.1) is 0 Å². The molecule has 2 aromatic rings. The smallest absolute Gasteiger partial charge is 0.259 e. The highest BCUT2D eigenvalue weighted by Gasteiger charge is 2.18. The van der Waals surface area contributed by atoms with E-state index in [1.165, 1.54) is 0 Å². The number of anilines is 1. The Morgan fingerprint density at radius 1 is 1.00 bits per heavy atom. The Hall–Kier alpha value is -1.80. The molecule has 0 fully saturated rings. The summed E-state index contributed by atoms with van der Waals surface area (Å²) in [4.78, 5) is 14.2. The van der Waals surface area contributed by atoms with Crippen LogP contribution < -0.4 is 4.90 Å². The van der Waals surface area contributed by atoms with Gasteiger partial charge in [-0.05, 0) is 37.1 Å². The summed E-state index contributed by atoms with van der Waals surface area (Å²) in [5, 5.41) is 0.477. The molecule has 0 radical (unpaired) electrons. The first-order valence-corrected chi connectivity index (χ1v) is 6.49. The van der Waals surface area contributed by atoms with Crippen LogP contribution >= 0.6 is 11.6 Å². The third kappa shape index (κ3) is 2.64. The van der Waals surface area contributed by atoms with Gasteiger partial charge in [-0.2, -0.15) is 0 Å². The van der Waals surface area contributed by atoms with Crippen molar-refractivity contribution >= 4 is 23.2 Å². The number of hydrogen-bond donors (Lipinski definition) is 0. The number of carbonyl (C=O) groups is 1. The molecule has 3 heteroatoms. The number of carbonyl (C=O) groups excluding carboxylic acids is 1. The van der Waals surface area contributed by atoms with Crippen LogP contribution in [-0.4, -0.2) is 13.0 Å². The lowest BCUT2D eigenvalue weighted by Crippen LogP contribution is -2.27. The van der Waals surface area contributed by atoms with Crippen molar-refractivity contribution in [3.8, 4) is 0 Å². The van der Waals surface area contributed by atoms with Crippen molar-refractivity contribution in [2.45, 2.75) is 13.8 Å². The van der Waals surface area contributed by atoms with Crippen LogP contribution in [0, 0.1) is 13.8 Å². The van der Waals surface area contributed by atoms with Gasteiger partial charge < -0.3 is 4.90 Å². The summed E-state index contributed by atoms with van der Waals surface area (Å²) < 4.78 is 0. The zero-order chi connectivity index (χ0) is 14.0. The van der Waals surface area contributed by atoms with Crippen LogP contribution in [0.4, 0.5) is 5.69 Å². The van der Waals surface area contributed by atoms with Gasteiger partial charge in [-0.25, -0.2) is 0 Å². The number of para-hydroxylation sites is 1. The Bertz CT molecular complexity index is 602. The number of halogens is 1. The van der Waals surface area contributed by atoms with E-state index in [2.05, 4.69) is 0 Å². The molecule has 1 amide bonds. The highest BCUT2D eigenvalue weighted by Crippen LogP contribution is 2.26. The lowest BCUT2D eigenvalue weighted by atomic mass is 10.1. The highest BCUT2D eigenvalue weighted by atomic mass is 35.5. The van der Waals surface area contributed by atoms with Gasteiger partial charge in [0, 0.05) is 12.7 Å². The maximum absolute atomic E-state index is 12.5. The molecule has 0 aliphatic heterocycles. The van der Waals surface area contributed by atoms with Crippen molar-refractivity contribution in [1.29, 1.82) is 0 Å². The normalized spacial score (nSPS) is 10.3. The molecule has 0 saturated carbocycles. The third-order valence-electron chi connectivity index (χ3n) is 3.18. The van der Waals surface area contributed by atoms with Crippen LogP contribution in [0.25, 0.3) is 0 Å². The van der Waals surface area contributed by atoms with Crippen molar-refractivity contribution in [2.24, 2.45) is 0 Å². The molecular formula is C16H16ClNO. The Labute approximate surface area is 118 Å². The van der Waals surface area contributed by atoms with E-state index in [-0.39, 0.29) is 5.91 Å². The second kappa shape index (κ2) is 5.45. The van der Waals surface area contributed by atoms with Crippen LogP contribution in [0.5, 0.6) is 0 Å². The predicted octanol–water partition coefficient (Wildman–Crippen LogP) is 4.23. The average Bonchev–Trinajstić information content (AvgIpc) is 2.38. The number of aryl methyl sites for hydroxylation is 2. The lowest BCUT2D eigenvalue weighted by molar-refractivity contribution is 0.0993. The first-order chi connectivity index (χ1) is 9.02. The van der Waals surface area contributed by atoms with Crippen molar-refractivity contribution in [3.05, 3.63) is 64.2 Å². The minimum atomic E-state index is -0.0944. The standard InChI is InChI=1S/C16H16ClNO/c1-11-7-6-8-12(2)15(11)18(3)16(19)13-9-4-5-10-14(13)17/h4-10H,1-3H3. The molecule has 0 unspecified atom stereocenters. The first-order valence-electron chi connectivity index (χ1n) is 6.11. The molecule has 0 aliphatic rings. The largest absolute Gasteiger partial charge is 0.311 e. The minimum Gasteiger partial charge on any atom is -0.311 e. The third-order valence-corrected chi connectivity index (χ3v) is 3.51. The average molecular weight is 274 g/mol. The van der Waals surface area contributed by atoms with E-state index >= 15 is 0 Å². The summed E-state index contributed by atoms with van der Waals surface area (Å²) in [6.45, 7) is 4.00. The van der Waals surface area contributed by atoms with E-state index in [1.807, 2.05) is 44.2 Å². The van der Waals surface area contributed by atoms with Gasteiger partial charge in [0.05, 0.1) is 10.6 Å². The molecule has 0 bridgehead atoms. The molecule has 0 aromatic heterocycles. The number of amides is 1. The fourth-order valence-electron chi connectivity index (χ4n) is 2.25. The van der Waals surface area contributed by atoms with Crippen molar-refractivity contribution in [2.75, 3.05) is 11.9 Å². The zero-order valence-corrected chi connectivity index (χ0v) is 12.0. The van der Waals surface area contributed by atoms with Crippen molar-refractivity contribution < 1.29 is 4.79 Å². The van der Waals surface area contributed by atoms with Crippen molar-refractivity contribution in [1.82, 2.24) is 0 Å². The Kier molecular flexibility index (Phi) is 3.91. The maximum atomic E-state index is 12.5. The molecule has 2 aromatic carbocycles. The number of rotatable bonds is 2. The predicted molar refractivity (Wildman–Crippen MR) is 80.1 cm³/mol. The number of nitrogens with zero attached hydrogens (tertiary/aromatic N) is 1. The van der Waals surface area contributed by atoms with Gasteiger partial charge in [0.2, 0.25) is 0 Å². The van der Waals surface area contributed by atoms with Gasteiger partial charge in [0.25, 0.3) is 5.91 Å². The highest BCUT2D eigenvalue weighted by molar-refractivity contribution is 6.34. The van der Waals surface area contributed by atoms with E-state index in [0.29, 0.717) is 10.6 Å². The molecule has 0 atom stereocenters. The van der Waals surface area contributed by atoms with E-state index < -0.39 is 0 Å². The van der Waals surface area contributed by atoms with Gasteiger partial charge in [0.1, 0.15) is 0 Å². The first kappa shape index (κ1) is 13.6. The summed E-state index contributed by atoms with van der Waals surface area (Å²) in [6.07, 6.45) is 0. The van der Waals surface area contributed by atoms with Crippen LogP contribution in [0.2, 0.25) is 5.02 Å². The topological polar surface area (TPSA) is 20.3 Å². The molecule has 2 nitrogen and oxygen atoms in total. The molecule has 0 aliphatic carbocycles. The molecule has 2 rings (SSSR count). The van der Waals surface area contributed by atoms with E-state index in [0.717, 1.165) is 16.8 Å². The fourth-order valence-corrected chi connectivity index (χ4v) is 2.47. The summed E-state index contributed by atoms with van der Waals surface area (Å²) in [5.41, 5.74) is 3.60. The molecule has 0 saturated heterocycles. The van der Waals surface area contributed by atoms with E-state index in [4.69, 9.17) is 11.6 Å². The monoisotopic (exact) mass is 273 g/mol. The molecule has 0 spiro atoms. The summed E-state index contributed by atoms with van der Waals surface area (Å²) in [6, 6.07) is 13.1. The summed E-state index contributed by atoms with van der Waals surface area (Å²) in [5.74, 6) is -0.0944. The maximum Gasteiger partial charge on any atom is 0.259 e. The minimum absolute atomic E-state index is 0.0944. The van der Waals surface area contributed by atoms with Crippen LogP contribution in [-0.2, 0) is 0 Å². The van der Waals surface area contributed by atoms with Crippen molar-refractivity contribution in [3.63, 3.8) is 0 Å². The van der Waals surface area contributed by atoms with Gasteiger partial charge >= 0.3 is 0 Å². The van der Waals surface area contributed by atoms with Gasteiger partial charge in [0.15, 0.2) is 0 Å². The molecule has 0 heterocycles. The SMILES string of the molecule is Cc1cccc(C)c1N(C)C(=O)c1ccccc1Cl. The van der Waals surface area contributed by atoms with E-state index in [9.17, 15) is 4.79 Å². The van der Waals surface area contributed by atoms with Crippen LogP contribution in [0.15, 0.2) is 42.5 Å². The molecule has 98 valence electrons. The van der Waals surface area contributed by atoms with Gasteiger partial charge in [-0.3, -0.25) is 4.79 Å². The lowest BCUT2D eigenvalue weighted by Gasteiger charge is -2.22. The van der Waals surface area contributed by atoms with Gasteiger partial charge in [-0.1, -0.05) is 41.9 Å². The molecular weight excluding hydrogens is 258 g/mol. The zero-order valence-electron chi connectivity index (χ0n) is 11.3. The Morgan fingerprint density at radius 2 is 1.58 bits per heavy atom. The Morgan fingerprint density at radius 3 is 2.16 bits per heavy atom. The summed E-state index contributed by atoms with van der Waals surface area (Å²) in [7, 11) is 1.78. The Balaban J connectivity index is 2.43. The number of hydrogen-bond acceptors (Lipinski definition) is 1. The second-order valence-corrected chi connectivity index (χ2v) is 4.99. The van der Waals surface area contributed by atoms with E-state index in [1.54, 1.807) is 24.1 Å². The van der Waals surface area contributed by atoms with Crippen LogP contribution in [0.1, 0.15) is 21.5 Å². The fraction of sp³-hybridized carbons (Fsp3) is 0.188. The molecule has 19 heavy (non-hydrogen) atoms. The quantitative estimate of drug-likeness (QED) is 0.802. The number of benzene rings is 2. The second-order valence-electron chi connectivity index (χ2n) is 4.58. The molecule has 0 N–H and O–H groups in total. The summed E-state index contributed by atoms with van der Waals surface area (Å²) >= 11 is 6.08.